The van der Waals surface area contributed by atoms with E-state index in [0.29, 0.717) is 12.5 Å². The van der Waals surface area contributed by atoms with Gasteiger partial charge >= 0.3 is 0 Å². The van der Waals surface area contributed by atoms with Crippen LogP contribution in [-0.4, -0.2) is 28.0 Å². The normalized spacial score (nSPS) is 19.1. The SMILES string of the molecule is N[C@@H]1c2ccccc2CC12CCN(c1cnc(OCc3cccc4cccnc34)cn1)CC2. The lowest BCUT2D eigenvalue weighted by Gasteiger charge is -2.42. The average Bonchev–Trinajstić information content (AvgIpc) is 3.14. The zero-order valence-electron chi connectivity index (χ0n) is 18.5. The third-order valence-corrected chi connectivity index (χ3v) is 7.38. The molecule has 0 amide bonds. The number of ether oxygens (including phenoxy) is 1. The van der Waals surface area contributed by atoms with Gasteiger partial charge in [-0.15, -0.1) is 0 Å². The fraction of sp³-hybridized carbons (Fsp3) is 0.296. The number of para-hydroxylation sites is 1. The number of piperidine rings is 1. The molecule has 6 rings (SSSR count). The van der Waals surface area contributed by atoms with Gasteiger partial charge in [0.25, 0.3) is 0 Å². The maximum Gasteiger partial charge on any atom is 0.232 e. The Morgan fingerprint density at radius 1 is 0.939 bits per heavy atom. The molecule has 2 N–H and O–H groups in total. The zero-order chi connectivity index (χ0) is 22.3. The average molecular weight is 438 g/mol. The second-order valence-electron chi connectivity index (χ2n) is 9.20. The Morgan fingerprint density at radius 3 is 2.61 bits per heavy atom. The van der Waals surface area contributed by atoms with Crippen molar-refractivity contribution in [3.05, 3.63) is 89.9 Å². The van der Waals surface area contributed by atoms with Crippen LogP contribution in [0.5, 0.6) is 5.88 Å². The first kappa shape index (κ1) is 20.1. The summed E-state index contributed by atoms with van der Waals surface area (Å²) in [6, 6.07) is 18.9. The molecular weight excluding hydrogens is 410 g/mol. The molecule has 0 radical (unpaired) electrons. The van der Waals surface area contributed by atoms with Gasteiger partial charge in [0.15, 0.2) is 0 Å². The molecule has 166 valence electrons. The Morgan fingerprint density at radius 2 is 1.79 bits per heavy atom. The smallest absolute Gasteiger partial charge is 0.232 e. The Balaban J connectivity index is 1.10. The zero-order valence-corrected chi connectivity index (χ0v) is 18.5. The summed E-state index contributed by atoms with van der Waals surface area (Å²) in [5.41, 5.74) is 11.6. The van der Waals surface area contributed by atoms with E-state index in [-0.39, 0.29) is 11.5 Å². The summed E-state index contributed by atoms with van der Waals surface area (Å²) in [7, 11) is 0. The van der Waals surface area contributed by atoms with Crippen LogP contribution in [0.4, 0.5) is 5.82 Å². The number of nitrogens with two attached hydrogens (primary N) is 1. The van der Waals surface area contributed by atoms with Crippen molar-refractivity contribution >= 4 is 16.7 Å². The number of pyridine rings is 1. The minimum atomic E-state index is 0.126. The minimum absolute atomic E-state index is 0.126. The first-order valence-corrected chi connectivity index (χ1v) is 11.6. The van der Waals surface area contributed by atoms with Crippen molar-refractivity contribution < 1.29 is 4.74 Å². The van der Waals surface area contributed by atoms with Gasteiger partial charge < -0.3 is 15.4 Å². The third-order valence-electron chi connectivity index (χ3n) is 7.38. The van der Waals surface area contributed by atoms with Crippen LogP contribution in [0.15, 0.2) is 73.2 Å². The molecule has 1 aliphatic heterocycles. The summed E-state index contributed by atoms with van der Waals surface area (Å²) >= 11 is 0. The fourth-order valence-electron chi connectivity index (χ4n) is 5.47. The van der Waals surface area contributed by atoms with Crippen LogP contribution in [0.1, 0.15) is 35.6 Å². The van der Waals surface area contributed by atoms with Gasteiger partial charge in [0.05, 0.1) is 17.9 Å². The van der Waals surface area contributed by atoms with E-state index in [9.17, 15) is 0 Å². The summed E-state index contributed by atoms with van der Waals surface area (Å²) in [5.74, 6) is 1.42. The highest BCUT2D eigenvalue weighted by molar-refractivity contribution is 5.81. The molecule has 1 saturated heterocycles. The van der Waals surface area contributed by atoms with E-state index in [2.05, 4.69) is 56.3 Å². The summed E-state index contributed by atoms with van der Waals surface area (Å²) in [4.78, 5) is 16.0. The molecule has 6 heteroatoms. The molecule has 0 bridgehead atoms. The molecule has 2 aromatic heterocycles. The largest absolute Gasteiger partial charge is 0.472 e. The summed E-state index contributed by atoms with van der Waals surface area (Å²) < 4.78 is 5.92. The van der Waals surface area contributed by atoms with Crippen molar-refractivity contribution in [1.29, 1.82) is 0 Å². The molecule has 1 spiro atoms. The van der Waals surface area contributed by atoms with Crippen molar-refractivity contribution in [2.75, 3.05) is 18.0 Å². The van der Waals surface area contributed by atoms with Crippen LogP contribution in [0.3, 0.4) is 0 Å². The molecule has 2 aliphatic rings. The first-order chi connectivity index (χ1) is 16.2. The fourth-order valence-corrected chi connectivity index (χ4v) is 5.47. The first-order valence-electron chi connectivity index (χ1n) is 11.6. The number of rotatable bonds is 4. The number of nitrogens with zero attached hydrogens (tertiary/aromatic N) is 4. The van der Waals surface area contributed by atoms with Gasteiger partial charge in [-0.2, -0.15) is 0 Å². The predicted octanol–water partition coefficient (Wildman–Crippen LogP) is 4.45. The van der Waals surface area contributed by atoms with Crippen molar-refractivity contribution in [3.8, 4) is 5.88 Å². The number of aromatic nitrogens is 3. The van der Waals surface area contributed by atoms with Crippen LogP contribution in [-0.2, 0) is 13.0 Å². The van der Waals surface area contributed by atoms with E-state index >= 15 is 0 Å². The summed E-state index contributed by atoms with van der Waals surface area (Å²) in [5, 5.41) is 1.10. The molecule has 2 aromatic carbocycles. The Kier molecular flexibility index (Phi) is 4.95. The van der Waals surface area contributed by atoms with Gasteiger partial charge in [-0.05, 0) is 41.9 Å². The maximum absolute atomic E-state index is 6.71. The van der Waals surface area contributed by atoms with Gasteiger partial charge in [0, 0.05) is 36.3 Å². The molecule has 33 heavy (non-hydrogen) atoms. The molecule has 0 unspecified atom stereocenters. The van der Waals surface area contributed by atoms with Crippen molar-refractivity contribution in [1.82, 2.24) is 15.0 Å². The summed E-state index contributed by atoms with van der Waals surface area (Å²) in [6.45, 7) is 2.30. The van der Waals surface area contributed by atoms with E-state index in [1.54, 1.807) is 12.4 Å². The number of fused-ring (bicyclic) bond motifs is 2. The van der Waals surface area contributed by atoms with Gasteiger partial charge in [-0.25, -0.2) is 9.97 Å². The van der Waals surface area contributed by atoms with Crippen LogP contribution in [0, 0.1) is 5.41 Å². The van der Waals surface area contributed by atoms with Gasteiger partial charge in [-0.1, -0.05) is 48.5 Å². The van der Waals surface area contributed by atoms with Gasteiger partial charge in [0.2, 0.25) is 5.88 Å². The van der Waals surface area contributed by atoms with E-state index in [0.717, 1.165) is 54.6 Å². The topological polar surface area (TPSA) is 77.2 Å². The highest BCUT2D eigenvalue weighted by Crippen LogP contribution is 2.50. The van der Waals surface area contributed by atoms with Crippen LogP contribution in [0.25, 0.3) is 10.9 Å². The lowest BCUT2D eigenvalue weighted by molar-refractivity contribution is 0.187. The lowest BCUT2D eigenvalue weighted by Crippen LogP contribution is -2.44. The molecule has 6 nitrogen and oxygen atoms in total. The standard InChI is InChI=1S/C27H27N5O/c28-26-22-9-2-1-5-20(22)15-27(26)10-13-32(14-11-27)23-16-31-24(17-30-23)33-18-21-7-3-6-19-8-4-12-29-25(19)21/h1-9,12,16-17,26H,10-11,13-15,18,28H2/t26-/m1/s1. The number of benzene rings is 2. The van der Waals surface area contributed by atoms with Crippen LogP contribution < -0.4 is 15.4 Å². The Labute approximate surface area is 193 Å². The maximum atomic E-state index is 6.71. The highest BCUT2D eigenvalue weighted by Gasteiger charge is 2.45. The monoisotopic (exact) mass is 437 g/mol. The van der Waals surface area contributed by atoms with Gasteiger partial charge in [-0.3, -0.25) is 4.98 Å². The predicted molar refractivity (Wildman–Crippen MR) is 129 cm³/mol. The summed E-state index contributed by atoms with van der Waals surface area (Å²) in [6.07, 6.45) is 8.56. The Hall–Kier alpha value is -3.51. The second-order valence-corrected chi connectivity index (χ2v) is 9.20. The van der Waals surface area contributed by atoms with Crippen molar-refractivity contribution in [2.45, 2.75) is 31.9 Å². The minimum Gasteiger partial charge on any atom is -0.472 e. The van der Waals surface area contributed by atoms with Crippen LogP contribution >= 0.6 is 0 Å². The molecule has 1 aliphatic carbocycles. The highest BCUT2D eigenvalue weighted by atomic mass is 16.5. The molecule has 4 aromatic rings. The molecule has 3 heterocycles. The Bertz CT molecular complexity index is 1280. The van der Waals surface area contributed by atoms with Crippen LogP contribution in [0.2, 0.25) is 0 Å². The van der Waals surface area contributed by atoms with Gasteiger partial charge in [0.1, 0.15) is 12.4 Å². The lowest BCUT2D eigenvalue weighted by atomic mass is 9.73. The van der Waals surface area contributed by atoms with E-state index in [4.69, 9.17) is 10.5 Å². The van der Waals surface area contributed by atoms with Crippen molar-refractivity contribution in [3.63, 3.8) is 0 Å². The van der Waals surface area contributed by atoms with E-state index < -0.39 is 0 Å². The molecule has 0 saturated carbocycles. The van der Waals surface area contributed by atoms with E-state index in [1.807, 2.05) is 24.4 Å². The number of anilines is 1. The second kappa shape index (κ2) is 8.12. The third kappa shape index (κ3) is 3.60. The number of hydrogen-bond acceptors (Lipinski definition) is 6. The molecule has 1 fully saturated rings. The quantitative estimate of drug-likeness (QED) is 0.508. The van der Waals surface area contributed by atoms with Crippen molar-refractivity contribution in [2.24, 2.45) is 11.1 Å². The number of hydrogen-bond donors (Lipinski definition) is 1. The molecular formula is C27H27N5O. The van der Waals surface area contributed by atoms with E-state index in [1.165, 1.54) is 11.1 Å². The molecule has 1 atom stereocenters.